The molecule has 2 aromatic rings. The van der Waals surface area contributed by atoms with Crippen molar-refractivity contribution in [3.8, 4) is 17.2 Å². The molecule has 0 aliphatic rings. The Bertz CT molecular complexity index is 750. The molecule has 7 nitrogen and oxygen atoms in total. The lowest BCUT2D eigenvalue weighted by molar-refractivity contribution is 0.102. The molecule has 2 aromatic carbocycles. The van der Waals surface area contributed by atoms with Crippen molar-refractivity contribution in [1.29, 1.82) is 0 Å². The predicted octanol–water partition coefficient (Wildman–Crippen LogP) is 2.61. The van der Waals surface area contributed by atoms with E-state index in [0.29, 0.717) is 34.2 Å². The van der Waals surface area contributed by atoms with Crippen molar-refractivity contribution in [2.75, 3.05) is 51.4 Å². The number of hydrogen-bond acceptors (Lipinski definition) is 6. The highest BCUT2D eigenvalue weighted by atomic mass is 16.5. The third-order valence-electron chi connectivity index (χ3n) is 3.69. The van der Waals surface area contributed by atoms with Crippen molar-refractivity contribution < 1.29 is 19.0 Å². The van der Waals surface area contributed by atoms with Gasteiger partial charge in [0, 0.05) is 25.3 Å². The number of carbonyl (C=O) groups is 1. The average Bonchev–Trinajstić information content (AvgIpc) is 2.59. The molecule has 0 heterocycles. The fourth-order valence-electron chi connectivity index (χ4n) is 2.45. The third kappa shape index (κ3) is 3.88. The monoisotopic (exact) mass is 345 g/mol. The first-order valence-corrected chi connectivity index (χ1v) is 7.59. The molecule has 1 amide bonds. The molecule has 0 radical (unpaired) electrons. The quantitative estimate of drug-likeness (QED) is 0.783. The van der Waals surface area contributed by atoms with Crippen molar-refractivity contribution in [1.82, 2.24) is 0 Å². The third-order valence-corrected chi connectivity index (χ3v) is 3.69. The van der Waals surface area contributed by atoms with Crippen LogP contribution in [0.15, 0.2) is 30.3 Å². The zero-order chi connectivity index (χ0) is 18.6. The van der Waals surface area contributed by atoms with Gasteiger partial charge >= 0.3 is 0 Å². The van der Waals surface area contributed by atoms with Crippen molar-refractivity contribution in [3.63, 3.8) is 0 Å². The van der Waals surface area contributed by atoms with E-state index in [1.165, 1.54) is 21.3 Å². The molecule has 0 saturated heterocycles. The van der Waals surface area contributed by atoms with Crippen molar-refractivity contribution >= 4 is 23.0 Å². The number of amides is 1. The number of methoxy groups -OCH3 is 3. The molecule has 0 unspecified atom stereocenters. The summed E-state index contributed by atoms with van der Waals surface area (Å²) < 4.78 is 15.8. The summed E-state index contributed by atoms with van der Waals surface area (Å²) in [6.45, 7) is 0. The fraction of sp³-hybridized carbons (Fsp3) is 0.278. The van der Waals surface area contributed by atoms with Gasteiger partial charge in [-0.05, 0) is 30.3 Å². The van der Waals surface area contributed by atoms with Crippen LogP contribution in [0, 0.1) is 0 Å². The number of nitrogens with one attached hydrogen (secondary N) is 1. The molecule has 3 N–H and O–H groups in total. The second kappa shape index (κ2) is 7.65. The Kier molecular flexibility index (Phi) is 5.59. The fourth-order valence-corrected chi connectivity index (χ4v) is 2.45. The Balaban J connectivity index is 2.31. The Morgan fingerprint density at radius 1 is 1.00 bits per heavy atom. The summed E-state index contributed by atoms with van der Waals surface area (Å²) in [7, 11) is 8.31. The van der Waals surface area contributed by atoms with Crippen LogP contribution in [0.1, 0.15) is 10.4 Å². The lowest BCUT2D eigenvalue weighted by atomic mass is 10.1. The molecule has 0 saturated carbocycles. The highest BCUT2D eigenvalue weighted by Gasteiger charge is 2.17. The molecule has 0 aliphatic carbocycles. The zero-order valence-corrected chi connectivity index (χ0v) is 15.0. The van der Waals surface area contributed by atoms with Gasteiger partial charge in [0.05, 0.1) is 32.7 Å². The van der Waals surface area contributed by atoms with Gasteiger partial charge < -0.3 is 30.2 Å². The molecule has 0 bridgehead atoms. The summed E-state index contributed by atoms with van der Waals surface area (Å²) in [4.78, 5) is 14.5. The van der Waals surface area contributed by atoms with Gasteiger partial charge in [-0.25, -0.2) is 0 Å². The van der Waals surface area contributed by atoms with E-state index in [2.05, 4.69) is 5.32 Å². The van der Waals surface area contributed by atoms with Gasteiger partial charge in [-0.15, -0.1) is 0 Å². The second-order valence-corrected chi connectivity index (χ2v) is 5.54. The highest BCUT2D eigenvalue weighted by molar-refractivity contribution is 6.05. The van der Waals surface area contributed by atoms with E-state index in [1.54, 1.807) is 24.3 Å². The molecular formula is C18H23N3O4. The number of ether oxygens (including phenoxy) is 3. The van der Waals surface area contributed by atoms with Gasteiger partial charge in [-0.2, -0.15) is 0 Å². The molecule has 134 valence electrons. The SMILES string of the molecule is COc1cc(C(=O)Nc2ccc(N(C)C)c(N)c2)cc(OC)c1OC. The van der Waals surface area contributed by atoms with Crippen LogP contribution in [0.25, 0.3) is 0 Å². The van der Waals surface area contributed by atoms with Crippen molar-refractivity contribution in [2.24, 2.45) is 0 Å². The molecule has 0 atom stereocenters. The number of nitrogen functional groups attached to an aromatic ring is 1. The molecule has 0 aliphatic heterocycles. The first-order chi connectivity index (χ1) is 11.9. The van der Waals surface area contributed by atoms with Crippen LogP contribution in [0.4, 0.5) is 17.1 Å². The first-order valence-electron chi connectivity index (χ1n) is 7.59. The highest BCUT2D eigenvalue weighted by Crippen LogP contribution is 2.38. The maximum atomic E-state index is 12.6. The van der Waals surface area contributed by atoms with Gasteiger partial charge in [-0.3, -0.25) is 4.79 Å². The van der Waals surface area contributed by atoms with Crippen molar-refractivity contribution in [3.05, 3.63) is 35.9 Å². The minimum absolute atomic E-state index is 0.309. The number of anilines is 3. The van der Waals surface area contributed by atoms with E-state index in [-0.39, 0.29) is 5.91 Å². The molecule has 25 heavy (non-hydrogen) atoms. The first kappa shape index (κ1) is 18.3. The average molecular weight is 345 g/mol. The number of benzene rings is 2. The summed E-state index contributed by atoms with van der Waals surface area (Å²) in [5.41, 5.74) is 8.45. The summed E-state index contributed by atoms with van der Waals surface area (Å²) in [5.74, 6) is 0.946. The van der Waals surface area contributed by atoms with E-state index in [9.17, 15) is 4.79 Å². The van der Waals surface area contributed by atoms with Gasteiger partial charge in [-0.1, -0.05) is 0 Å². The van der Waals surface area contributed by atoms with E-state index in [0.717, 1.165) is 5.69 Å². The van der Waals surface area contributed by atoms with Crippen LogP contribution in [-0.2, 0) is 0 Å². The standard InChI is InChI=1S/C18H23N3O4/c1-21(2)14-7-6-12(10-13(14)19)20-18(22)11-8-15(23-3)17(25-5)16(9-11)24-4/h6-10H,19H2,1-5H3,(H,20,22). The normalized spacial score (nSPS) is 10.1. The summed E-state index contributed by atoms with van der Waals surface area (Å²) in [5, 5.41) is 2.82. The Hall–Kier alpha value is -3.09. The molecular weight excluding hydrogens is 322 g/mol. The van der Waals surface area contributed by atoms with Crippen LogP contribution in [-0.4, -0.2) is 41.3 Å². The van der Waals surface area contributed by atoms with Crippen molar-refractivity contribution in [2.45, 2.75) is 0 Å². The lowest BCUT2D eigenvalue weighted by Gasteiger charge is -2.17. The predicted molar refractivity (Wildman–Crippen MR) is 99.2 cm³/mol. The maximum absolute atomic E-state index is 12.6. The Morgan fingerprint density at radius 2 is 1.60 bits per heavy atom. The van der Waals surface area contributed by atoms with E-state index in [1.807, 2.05) is 25.1 Å². The summed E-state index contributed by atoms with van der Waals surface area (Å²) >= 11 is 0. The lowest BCUT2D eigenvalue weighted by Crippen LogP contribution is -2.14. The molecule has 0 aromatic heterocycles. The Labute approximate surface area is 147 Å². The minimum atomic E-state index is -0.309. The van der Waals surface area contributed by atoms with Crippen LogP contribution in [0.5, 0.6) is 17.2 Å². The van der Waals surface area contributed by atoms with Crippen LogP contribution in [0.2, 0.25) is 0 Å². The van der Waals surface area contributed by atoms with Crippen LogP contribution >= 0.6 is 0 Å². The number of hydrogen-bond donors (Lipinski definition) is 2. The topological polar surface area (TPSA) is 86.1 Å². The summed E-state index contributed by atoms with van der Waals surface area (Å²) in [6, 6.07) is 8.54. The maximum Gasteiger partial charge on any atom is 0.255 e. The van der Waals surface area contributed by atoms with E-state index in [4.69, 9.17) is 19.9 Å². The molecule has 2 rings (SSSR count). The van der Waals surface area contributed by atoms with E-state index >= 15 is 0 Å². The number of carbonyl (C=O) groups excluding carboxylic acids is 1. The second-order valence-electron chi connectivity index (χ2n) is 5.54. The van der Waals surface area contributed by atoms with Gasteiger partial charge in [0.25, 0.3) is 5.91 Å². The van der Waals surface area contributed by atoms with E-state index < -0.39 is 0 Å². The smallest absolute Gasteiger partial charge is 0.255 e. The summed E-state index contributed by atoms with van der Waals surface area (Å²) in [6.07, 6.45) is 0. The molecule has 7 heteroatoms. The molecule has 0 fully saturated rings. The number of nitrogens with zero attached hydrogens (tertiary/aromatic N) is 1. The minimum Gasteiger partial charge on any atom is -0.493 e. The largest absolute Gasteiger partial charge is 0.493 e. The Morgan fingerprint density at radius 3 is 2.04 bits per heavy atom. The number of nitrogens with two attached hydrogens (primary N) is 1. The van der Waals surface area contributed by atoms with Gasteiger partial charge in [0.15, 0.2) is 11.5 Å². The van der Waals surface area contributed by atoms with Crippen LogP contribution in [0.3, 0.4) is 0 Å². The number of rotatable bonds is 6. The zero-order valence-electron chi connectivity index (χ0n) is 15.0. The van der Waals surface area contributed by atoms with Gasteiger partial charge in [0.1, 0.15) is 0 Å². The molecule has 0 spiro atoms. The van der Waals surface area contributed by atoms with Crippen LogP contribution < -0.4 is 30.2 Å². The van der Waals surface area contributed by atoms with Gasteiger partial charge in [0.2, 0.25) is 5.75 Å².